The molecule has 0 saturated carbocycles. The van der Waals surface area contributed by atoms with E-state index in [1.54, 1.807) is 4.68 Å². The lowest BCUT2D eigenvalue weighted by Crippen LogP contribution is -2.20. The lowest BCUT2D eigenvalue weighted by molar-refractivity contribution is -0.116. The quantitative estimate of drug-likeness (QED) is 0.391. The van der Waals surface area contributed by atoms with Gasteiger partial charge in [0.25, 0.3) is 5.89 Å². The lowest BCUT2D eigenvalue weighted by atomic mass is 10.1. The second-order valence-corrected chi connectivity index (χ2v) is 7.87. The Labute approximate surface area is 191 Å². The first-order chi connectivity index (χ1) is 16.1. The molecule has 3 aromatic carbocycles. The van der Waals surface area contributed by atoms with Gasteiger partial charge in [-0.05, 0) is 37.1 Å². The zero-order chi connectivity index (χ0) is 22.8. The predicted molar refractivity (Wildman–Crippen MR) is 128 cm³/mol. The van der Waals surface area contributed by atoms with Gasteiger partial charge in [0.1, 0.15) is 6.54 Å². The molecular formula is C26H23N5O2. The number of anilines is 1. The van der Waals surface area contributed by atoms with Gasteiger partial charge in [0, 0.05) is 16.6 Å². The predicted octanol–water partition coefficient (Wildman–Crippen LogP) is 5.26. The summed E-state index contributed by atoms with van der Waals surface area (Å²) in [7, 11) is 0. The van der Waals surface area contributed by atoms with Crippen molar-refractivity contribution in [3.05, 3.63) is 83.9 Å². The van der Waals surface area contributed by atoms with Gasteiger partial charge < -0.3 is 9.84 Å². The van der Waals surface area contributed by atoms with E-state index in [0.717, 1.165) is 39.7 Å². The average molecular weight is 438 g/mol. The van der Waals surface area contributed by atoms with Gasteiger partial charge in [-0.3, -0.25) is 9.48 Å². The first kappa shape index (κ1) is 20.6. The van der Waals surface area contributed by atoms with Gasteiger partial charge in [0.05, 0.1) is 5.52 Å². The molecule has 0 radical (unpaired) electrons. The van der Waals surface area contributed by atoms with Gasteiger partial charge in [-0.1, -0.05) is 72.2 Å². The molecule has 0 unspecified atom stereocenters. The highest BCUT2D eigenvalue weighted by Crippen LogP contribution is 2.29. The Bertz CT molecular complexity index is 1450. The highest BCUT2D eigenvalue weighted by molar-refractivity contribution is 5.95. The van der Waals surface area contributed by atoms with Gasteiger partial charge in [-0.15, -0.1) is 0 Å². The molecule has 0 bridgehead atoms. The second kappa shape index (κ2) is 8.70. The number of nitrogens with zero attached hydrogens (tertiary/aromatic N) is 4. The Balaban J connectivity index is 1.46. The lowest BCUT2D eigenvalue weighted by Gasteiger charge is -2.10. The maximum atomic E-state index is 12.8. The molecule has 0 spiro atoms. The molecule has 2 aromatic heterocycles. The standard InChI is InChI=1S/C26H23N5O2/c1-3-18-10-4-6-13-21(18)27-23(32)16-31-22-14-7-5-12-20(22)24(29-31)26-28-25(30-33-26)19-11-8-9-17(2)15-19/h4-15H,3,16H2,1-2H3,(H,27,32). The van der Waals surface area contributed by atoms with Gasteiger partial charge >= 0.3 is 0 Å². The van der Waals surface area contributed by atoms with Gasteiger partial charge in [0.2, 0.25) is 11.7 Å². The second-order valence-electron chi connectivity index (χ2n) is 7.87. The van der Waals surface area contributed by atoms with Crippen LogP contribution in [-0.4, -0.2) is 25.8 Å². The number of benzene rings is 3. The van der Waals surface area contributed by atoms with Crippen LogP contribution in [0.3, 0.4) is 0 Å². The molecule has 5 aromatic rings. The average Bonchev–Trinajstić information content (AvgIpc) is 3.45. The van der Waals surface area contributed by atoms with Crippen molar-refractivity contribution in [3.63, 3.8) is 0 Å². The number of fused-ring (bicyclic) bond motifs is 1. The molecule has 0 saturated heterocycles. The molecule has 2 heterocycles. The highest BCUT2D eigenvalue weighted by Gasteiger charge is 2.20. The third-order valence-electron chi connectivity index (χ3n) is 5.53. The normalized spacial score (nSPS) is 11.1. The number of aryl methyl sites for hydroxylation is 2. The number of hydrogen-bond acceptors (Lipinski definition) is 5. The van der Waals surface area contributed by atoms with Crippen LogP contribution in [0, 0.1) is 6.92 Å². The Morgan fingerprint density at radius 3 is 2.70 bits per heavy atom. The van der Waals surface area contributed by atoms with Crippen molar-refractivity contribution >= 4 is 22.5 Å². The molecule has 0 atom stereocenters. The molecule has 1 N–H and O–H groups in total. The molecule has 0 aliphatic heterocycles. The monoisotopic (exact) mass is 437 g/mol. The van der Waals surface area contributed by atoms with Gasteiger partial charge in [-0.25, -0.2) is 0 Å². The largest absolute Gasteiger partial charge is 0.332 e. The zero-order valence-corrected chi connectivity index (χ0v) is 18.4. The highest BCUT2D eigenvalue weighted by atomic mass is 16.5. The van der Waals surface area contributed by atoms with E-state index in [9.17, 15) is 4.79 Å². The fraction of sp³-hybridized carbons (Fsp3) is 0.154. The fourth-order valence-electron chi connectivity index (χ4n) is 3.90. The summed E-state index contributed by atoms with van der Waals surface area (Å²) in [5.74, 6) is 0.668. The van der Waals surface area contributed by atoms with E-state index < -0.39 is 0 Å². The van der Waals surface area contributed by atoms with Crippen LogP contribution in [0.1, 0.15) is 18.1 Å². The molecule has 7 nitrogen and oxygen atoms in total. The van der Waals surface area contributed by atoms with Gasteiger partial charge in [0.15, 0.2) is 5.69 Å². The Kier molecular flexibility index (Phi) is 5.44. The Morgan fingerprint density at radius 2 is 1.85 bits per heavy atom. The van der Waals surface area contributed by atoms with Crippen molar-refractivity contribution in [1.29, 1.82) is 0 Å². The van der Waals surface area contributed by atoms with Crippen LogP contribution in [0.15, 0.2) is 77.3 Å². The number of carbonyl (C=O) groups excluding carboxylic acids is 1. The minimum Gasteiger partial charge on any atom is -0.332 e. The van der Waals surface area contributed by atoms with E-state index >= 15 is 0 Å². The SMILES string of the molecule is CCc1ccccc1NC(=O)Cn1nc(-c2nc(-c3cccc(C)c3)no2)c2ccccc21. The van der Waals surface area contributed by atoms with Crippen LogP contribution >= 0.6 is 0 Å². The summed E-state index contributed by atoms with van der Waals surface area (Å²) in [4.78, 5) is 17.4. The molecule has 1 amide bonds. The smallest absolute Gasteiger partial charge is 0.279 e. The number of nitrogens with one attached hydrogen (secondary N) is 1. The summed E-state index contributed by atoms with van der Waals surface area (Å²) in [6, 6.07) is 23.4. The van der Waals surface area contributed by atoms with Crippen LogP contribution < -0.4 is 5.32 Å². The van der Waals surface area contributed by atoms with E-state index in [1.165, 1.54) is 0 Å². The van der Waals surface area contributed by atoms with E-state index in [4.69, 9.17) is 4.52 Å². The van der Waals surface area contributed by atoms with Crippen LogP contribution in [0.2, 0.25) is 0 Å². The Hall–Kier alpha value is -4.26. The van der Waals surface area contributed by atoms with Crippen molar-refractivity contribution in [1.82, 2.24) is 19.9 Å². The number of carbonyl (C=O) groups is 1. The maximum absolute atomic E-state index is 12.8. The number of rotatable bonds is 6. The first-order valence-corrected chi connectivity index (χ1v) is 10.9. The Morgan fingerprint density at radius 1 is 1.03 bits per heavy atom. The van der Waals surface area contributed by atoms with E-state index in [0.29, 0.717) is 17.4 Å². The summed E-state index contributed by atoms with van der Waals surface area (Å²) in [5, 5.41) is 12.7. The van der Waals surface area contributed by atoms with Crippen molar-refractivity contribution in [2.24, 2.45) is 0 Å². The van der Waals surface area contributed by atoms with Crippen molar-refractivity contribution in [2.45, 2.75) is 26.8 Å². The van der Waals surface area contributed by atoms with Crippen LogP contribution in [0.4, 0.5) is 5.69 Å². The third kappa shape index (κ3) is 4.13. The topological polar surface area (TPSA) is 85.8 Å². The minimum atomic E-state index is -0.151. The third-order valence-corrected chi connectivity index (χ3v) is 5.53. The molecule has 164 valence electrons. The molecule has 5 rings (SSSR count). The zero-order valence-electron chi connectivity index (χ0n) is 18.4. The summed E-state index contributed by atoms with van der Waals surface area (Å²) in [6.07, 6.45) is 0.839. The maximum Gasteiger partial charge on any atom is 0.279 e. The van der Waals surface area contributed by atoms with E-state index in [1.807, 2.05) is 79.7 Å². The van der Waals surface area contributed by atoms with Crippen LogP contribution in [-0.2, 0) is 17.8 Å². The molecule has 7 heteroatoms. The molecular weight excluding hydrogens is 414 g/mol. The fourth-order valence-corrected chi connectivity index (χ4v) is 3.90. The number of hydrogen-bond donors (Lipinski definition) is 1. The molecule has 33 heavy (non-hydrogen) atoms. The molecule has 0 fully saturated rings. The van der Waals surface area contributed by atoms with E-state index in [-0.39, 0.29) is 12.5 Å². The molecule has 0 aliphatic rings. The summed E-state index contributed by atoms with van der Waals surface area (Å²) < 4.78 is 7.23. The van der Waals surface area contributed by atoms with Crippen LogP contribution in [0.5, 0.6) is 0 Å². The van der Waals surface area contributed by atoms with Crippen molar-refractivity contribution in [3.8, 4) is 23.0 Å². The number of para-hydroxylation sites is 2. The van der Waals surface area contributed by atoms with Crippen molar-refractivity contribution < 1.29 is 9.32 Å². The number of aromatic nitrogens is 4. The summed E-state index contributed by atoms with van der Waals surface area (Å²) >= 11 is 0. The first-order valence-electron chi connectivity index (χ1n) is 10.9. The minimum absolute atomic E-state index is 0.0669. The number of amides is 1. The summed E-state index contributed by atoms with van der Waals surface area (Å²) in [6.45, 7) is 4.15. The molecule has 0 aliphatic carbocycles. The van der Waals surface area contributed by atoms with Crippen molar-refractivity contribution in [2.75, 3.05) is 5.32 Å². The summed E-state index contributed by atoms with van der Waals surface area (Å²) in [5.41, 5.74) is 5.28. The van der Waals surface area contributed by atoms with E-state index in [2.05, 4.69) is 27.5 Å². The van der Waals surface area contributed by atoms with Crippen LogP contribution in [0.25, 0.3) is 33.9 Å². The van der Waals surface area contributed by atoms with Gasteiger partial charge in [-0.2, -0.15) is 10.1 Å².